The smallest absolute Gasteiger partial charge is 0.407 e. The lowest BCUT2D eigenvalue weighted by molar-refractivity contribution is 0.0527. The average molecular weight is 493 g/mol. The van der Waals surface area contributed by atoms with Crippen LogP contribution >= 0.6 is 0 Å². The molecule has 0 unspecified atom stereocenters. The van der Waals surface area contributed by atoms with Crippen LogP contribution in [-0.4, -0.2) is 48.5 Å². The monoisotopic (exact) mass is 492 g/mol. The van der Waals surface area contributed by atoms with Gasteiger partial charge in [0.1, 0.15) is 16.9 Å². The van der Waals surface area contributed by atoms with E-state index in [0.717, 1.165) is 27.7 Å². The molecule has 0 aromatic carbocycles. The molecule has 1 amide bonds. The van der Waals surface area contributed by atoms with Crippen molar-refractivity contribution in [3.05, 3.63) is 35.9 Å². The minimum atomic E-state index is -1.12. The number of hydrogen-bond donors (Lipinski definition) is 3. The maximum atomic E-state index is 12.0. The van der Waals surface area contributed by atoms with Crippen LogP contribution in [-0.2, 0) is 11.2 Å². The zero-order valence-electron chi connectivity index (χ0n) is 22.1. The number of nitrogens with two attached hydrogens (primary N) is 1. The number of alkyl carbamates (subject to hydrolysis) is 1. The van der Waals surface area contributed by atoms with E-state index in [9.17, 15) is 9.90 Å². The van der Waals surface area contributed by atoms with Crippen LogP contribution in [0.3, 0.4) is 0 Å². The lowest BCUT2D eigenvalue weighted by atomic mass is 10.0. The van der Waals surface area contributed by atoms with Gasteiger partial charge in [-0.3, -0.25) is 0 Å². The predicted molar refractivity (Wildman–Crippen MR) is 141 cm³/mol. The minimum absolute atomic E-state index is 0.183. The van der Waals surface area contributed by atoms with E-state index in [-0.39, 0.29) is 12.0 Å². The van der Waals surface area contributed by atoms with E-state index in [0.29, 0.717) is 25.1 Å². The maximum absolute atomic E-state index is 12.0. The van der Waals surface area contributed by atoms with Gasteiger partial charge in [-0.25, -0.2) is 19.7 Å². The van der Waals surface area contributed by atoms with Crippen LogP contribution in [0.25, 0.3) is 22.2 Å². The molecule has 0 bridgehead atoms. The van der Waals surface area contributed by atoms with Crippen LogP contribution in [0.4, 0.5) is 10.7 Å². The average Bonchev–Trinajstić information content (AvgIpc) is 3.13. The summed E-state index contributed by atoms with van der Waals surface area (Å²) in [7, 11) is 0. The Morgan fingerprint density at radius 3 is 2.58 bits per heavy atom. The number of amides is 1. The highest BCUT2D eigenvalue weighted by Gasteiger charge is 2.19. The first kappa shape index (κ1) is 27.0. The first-order valence-corrected chi connectivity index (χ1v) is 12.1. The number of nitrogen functional groups attached to an aromatic ring is 1. The second-order valence-corrected chi connectivity index (χ2v) is 10.6. The summed E-state index contributed by atoms with van der Waals surface area (Å²) >= 11 is 0. The molecule has 0 spiro atoms. The van der Waals surface area contributed by atoms with Crippen LogP contribution < -0.4 is 11.1 Å². The standard InChI is InChI=1S/C27H36N6O3/c1-17(2)33-16-21(20-13-19(30-15-22(20)33)10-11-27(6,7)35)23-18(14-31-24(28)32-23)9-8-12-29-25(34)36-26(3,4)5/h13-17,35H,8-9,12H2,1-7H3,(H,29,34)(H2,28,31,32). The summed E-state index contributed by atoms with van der Waals surface area (Å²) in [4.78, 5) is 25.2. The maximum Gasteiger partial charge on any atom is 0.407 e. The molecule has 3 aromatic rings. The van der Waals surface area contributed by atoms with E-state index in [1.807, 2.05) is 26.8 Å². The molecule has 0 fully saturated rings. The van der Waals surface area contributed by atoms with Gasteiger partial charge in [-0.15, -0.1) is 0 Å². The fourth-order valence-corrected chi connectivity index (χ4v) is 3.67. The number of pyridine rings is 1. The molecule has 36 heavy (non-hydrogen) atoms. The van der Waals surface area contributed by atoms with Crippen molar-refractivity contribution in [2.45, 2.75) is 78.6 Å². The molecule has 9 heteroatoms. The number of nitrogens with zero attached hydrogens (tertiary/aromatic N) is 4. The number of aryl methyl sites for hydroxylation is 1. The summed E-state index contributed by atoms with van der Waals surface area (Å²) in [5, 5.41) is 13.7. The van der Waals surface area contributed by atoms with Gasteiger partial charge < -0.3 is 25.5 Å². The van der Waals surface area contributed by atoms with Crippen LogP contribution in [0, 0.1) is 11.8 Å². The van der Waals surface area contributed by atoms with Gasteiger partial charge in [-0.2, -0.15) is 0 Å². The third-order valence-electron chi connectivity index (χ3n) is 5.20. The largest absolute Gasteiger partial charge is 0.444 e. The van der Waals surface area contributed by atoms with Crippen LogP contribution in [0.15, 0.2) is 24.7 Å². The second kappa shape index (κ2) is 10.5. The Bertz CT molecular complexity index is 1300. The molecular formula is C27H36N6O3. The molecule has 0 saturated carbocycles. The van der Waals surface area contributed by atoms with Crippen molar-refractivity contribution in [3.8, 4) is 23.1 Å². The van der Waals surface area contributed by atoms with Gasteiger partial charge in [-0.1, -0.05) is 5.92 Å². The lowest BCUT2D eigenvalue weighted by Crippen LogP contribution is -2.33. The van der Waals surface area contributed by atoms with Gasteiger partial charge in [0.05, 0.1) is 17.4 Å². The summed E-state index contributed by atoms with van der Waals surface area (Å²) < 4.78 is 7.43. The Kier molecular flexibility index (Phi) is 7.89. The predicted octanol–water partition coefficient (Wildman–Crippen LogP) is 4.24. The van der Waals surface area contributed by atoms with Crippen molar-refractivity contribution in [1.82, 2.24) is 24.8 Å². The van der Waals surface area contributed by atoms with E-state index in [1.165, 1.54) is 0 Å². The number of hydrogen-bond acceptors (Lipinski definition) is 7. The van der Waals surface area contributed by atoms with Gasteiger partial charge in [0.15, 0.2) is 0 Å². The number of ether oxygens (including phenoxy) is 1. The third kappa shape index (κ3) is 7.18. The number of nitrogens with one attached hydrogen (secondary N) is 1. The summed E-state index contributed by atoms with van der Waals surface area (Å²) in [6, 6.07) is 2.10. The Morgan fingerprint density at radius 1 is 1.22 bits per heavy atom. The van der Waals surface area contributed by atoms with E-state index in [1.54, 1.807) is 26.2 Å². The SMILES string of the molecule is CC(C)n1cc(-c2nc(N)ncc2CCCNC(=O)OC(C)(C)C)c2cc(C#CC(C)(C)O)ncc21. The fourth-order valence-electron chi connectivity index (χ4n) is 3.67. The minimum Gasteiger partial charge on any atom is -0.444 e. The Morgan fingerprint density at radius 2 is 1.94 bits per heavy atom. The summed E-state index contributed by atoms with van der Waals surface area (Å²) in [5.74, 6) is 5.96. The summed E-state index contributed by atoms with van der Waals surface area (Å²) in [5.41, 5.74) is 8.37. The quantitative estimate of drug-likeness (QED) is 0.347. The highest BCUT2D eigenvalue weighted by Crippen LogP contribution is 2.34. The van der Waals surface area contributed by atoms with Crippen molar-refractivity contribution >= 4 is 22.9 Å². The first-order chi connectivity index (χ1) is 16.7. The van der Waals surface area contributed by atoms with Crippen LogP contribution in [0.5, 0.6) is 0 Å². The molecule has 3 rings (SSSR count). The molecule has 3 aromatic heterocycles. The molecule has 0 saturated heterocycles. The van der Waals surface area contributed by atoms with Crippen molar-refractivity contribution < 1.29 is 14.6 Å². The molecule has 9 nitrogen and oxygen atoms in total. The second-order valence-electron chi connectivity index (χ2n) is 10.6. The molecular weight excluding hydrogens is 456 g/mol. The molecule has 0 aliphatic carbocycles. The lowest BCUT2D eigenvalue weighted by Gasteiger charge is -2.19. The topological polar surface area (TPSA) is 128 Å². The fraction of sp³-hybridized carbons (Fsp3) is 0.481. The first-order valence-electron chi connectivity index (χ1n) is 12.1. The number of aromatic nitrogens is 4. The van der Waals surface area contributed by atoms with Gasteiger partial charge in [0.2, 0.25) is 5.95 Å². The number of anilines is 1. The van der Waals surface area contributed by atoms with E-state index >= 15 is 0 Å². The zero-order chi connectivity index (χ0) is 26.7. The number of carbonyl (C=O) groups excluding carboxylic acids is 1. The normalized spacial score (nSPS) is 11.9. The molecule has 0 aliphatic heterocycles. The van der Waals surface area contributed by atoms with E-state index in [2.05, 4.69) is 56.7 Å². The van der Waals surface area contributed by atoms with Crippen molar-refractivity contribution in [2.24, 2.45) is 0 Å². The summed E-state index contributed by atoms with van der Waals surface area (Å²) in [6.07, 6.45) is 6.45. The number of rotatable bonds is 6. The molecule has 0 atom stereocenters. The van der Waals surface area contributed by atoms with E-state index in [4.69, 9.17) is 10.5 Å². The van der Waals surface area contributed by atoms with E-state index < -0.39 is 17.3 Å². The number of carbonyl (C=O) groups is 1. The van der Waals surface area contributed by atoms with Crippen molar-refractivity contribution in [3.63, 3.8) is 0 Å². The highest BCUT2D eigenvalue weighted by atomic mass is 16.6. The zero-order valence-corrected chi connectivity index (χ0v) is 22.1. The number of aliphatic hydroxyl groups is 1. The van der Waals surface area contributed by atoms with Gasteiger partial charge in [-0.05, 0) is 78.9 Å². The van der Waals surface area contributed by atoms with Gasteiger partial charge >= 0.3 is 6.09 Å². The molecule has 4 N–H and O–H groups in total. The highest BCUT2D eigenvalue weighted by molar-refractivity contribution is 5.96. The molecule has 0 radical (unpaired) electrons. The molecule has 0 aliphatic rings. The third-order valence-corrected chi connectivity index (χ3v) is 5.20. The molecule has 3 heterocycles. The van der Waals surface area contributed by atoms with Gasteiger partial charge in [0.25, 0.3) is 0 Å². The Hall–Kier alpha value is -3.64. The Labute approximate surface area is 212 Å². The van der Waals surface area contributed by atoms with Crippen molar-refractivity contribution in [1.29, 1.82) is 0 Å². The Balaban J connectivity index is 1.95. The number of fused-ring (bicyclic) bond motifs is 1. The molecule has 192 valence electrons. The van der Waals surface area contributed by atoms with Crippen LogP contribution in [0.1, 0.15) is 72.2 Å². The van der Waals surface area contributed by atoms with Crippen LogP contribution in [0.2, 0.25) is 0 Å². The van der Waals surface area contributed by atoms with Crippen molar-refractivity contribution in [2.75, 3.05) is 12.3 Å². The van der Waals surface area contributed by atoms with Gasteiger partial charge in [0, 0.05) is 35.9 Å². The summed E-state index contributed by atoms with van der Waals surface area (Å²) in [6.45, 7) is 13.4.